The van der Waals surface area contributed by atoms with Crippen molar-refractivity contribution in [3.8, 4) is 0 Å². The molecular formula is C21H23N3O3. The van der Waals surface area contributed by atoms with E-state index in [9.17, 15) is 9.59 Å². The highest BCUT2D eigenvalue weighted by Gasteiger charge is 2.15. The third-order valence-electron chi connectivity index (χ3n) is 4.17. The molecule has 2 aromatic rings. The molecule has 1 aliphatic rings. The number of anilines is 3. The number of rotatable bonds is 5. The van der Waals surface area contributed by atoms with Crippen molar-refractivity contribution in [3.05, 3.63) is 60.2 Å². The maximum absolute atomic E-state index is 12.3. The fourth-order valence-electron chi connectivity index (χ4n) is 2.89. The number of hydrogen-bond acceptors (Lipinski definition) is 4. The number of para-hydroxylation sites is 2. The molecule has 6 nitrogen and oxygen atoms in total. The van der Waals surface area contributed by atoms with Crippen molar-refractivity contribution in [1.29, 1.82) is 0 Å². The number of hydrogen-bond donors (Lipinski definition) is 2. The molecule has 1 saturated heterocycles. The predicted molar refractivity (Wildman–Crippen MR) is 108 cm³/mol. The van der Waals surface area contributed by atoms with Gasteiger partial charge in [0.15, 0.2) is 0 Å². The Morgan fingerprint density at radius 3 is 2.41 bits per heavy atom. The monoisotopic (exact) mass is 365 g/mol. The van der Waals surface area contributed by atoms with E-state index in [-0.39, 0.29) is 11.8 Å². The van der Waals surface area contributed by atoms with Crippen LogP contribution in [-0.2, 0) is 14.3 Å². The fraction of sp³-hybridized carbons (Fsp3) is 0.238. The first kappa shape index (κ1) is 18.7. The molecule has 27 heavy (non-hydrogen) atoms. The number of ether oxygens (including phenoxy) is 1. The summed E-state index contributed by atoms with van der Waals surface area (Å²) in [6.07, 6.45) is 3.24. The molecule has 0 aromatic heterocycles. The number of carbonyl (C=O) groups is 2. The lowest BCUT2D eigenvalue weighted by molar-refractivity contribution is -0.114. The molecular weight excluding hydrogens is 342 g/mol. The van der Waals surface area contributed by atoms with E-state index in [1.54, 1.807) is 18.2 Å². The van der Waals surface area contributed by atoms with E-state index >= 15 is 0 Å². The minimum atomic E-state index is -0.193. The quantitative estimate of drug-likeness (QED) is 0.799. The van der Waals surface area contributed by atoms with Gasteiger partial charge in [-0.1, -0.05) is 24.3 Å². The van der Waals surface area contributed by atoms with Gasteiger partial charge in [0.25, 0.3) is 0 Å². The molecule has 0 spiro atoms. The standard InChI is InChI=1S/C21H23N3O3/c1-16(25)22-18-9-6-17(7-10-18)8-11-21(26)23-19-4-2-3-5-20(19)24-12-14-27-15-13-24/h2-11H,12-15H2,1H3,(H,22,25)(H,23,26)/b11-8+. The largest absolute Gasteiger partial charge is 0.378 e. The Labute approximate surface area is 158 Å². The number of morpholine rings is 1. The summed E-state index contributed by atoms with van der Waals surface area (Å²) in [5, 5.41) is 5.66. The molecule has 6 heteroatoms. The van der Waals surface area contributed by atoms with Crippen molar-refractivity contribution in [1.82, 2.24) is 0 Å². The maximum atomic E-state index is 12.3. The Morgan fingerprint density at radius 1 is 1.00 bits per heavy atom. The third kappa shape index (κ3) is 5.43. The van der Waals surface area contributed by atoms with Crippen LogP contribution >= 0.6 is 0 Å². The van der Waals surface area contributed by atoms with E-state index in [0.717, 1.165) is 35.7 Å². The van der Waals surface area contributed by atoms with E-state index in [1.807, 2.05) is 36.4 Å². The Morgan fingerprint density at radius 2 is 1.70 bits per heavy atom. The highest BCUT2D eigenvalue weighted by molar-refractivity contribution is 6.03. The summed E-state index contributed by atoms with van der Waals surface area (Å²) in [5.74, 6) is -0.307. The lowest BCUT2D eigenvalue weighted by atomic mass is 10.2. The molecule has 3 rings (SSSR count). The maximum Gasteiger partial charge on any atom is 0.248 e. The zero-order valence-corrected chi connectivity index (χ0v) is 15.3. The fourth-order valence-corrected chi connectivity index (χ4v) is 2.89. The van der Waals surface area contributed by atoms with Gasteiger partial charge in [0.2, 0.25) is 11.8 Å². The van der Waals surface area contributed by atoms with Crippen LogP contribution in [0.25, 0.3) is 6.08 Å². The van der Waals surface area contributed by atoms with Gasteiger partial charge in [0.05, 0.1) is 24.6 Å². The predicted octanol–water partition coefficient (Wildman–Crippen LogP) is 3.13. The Balaban J connectivity index is 1.64. The number of amides is 2. The Bertz CT molecular complexity index is 825. The smallest absolute Gasteiger partial charge is 0.248 e. The first-order chi connectivity index (χ1) is 13.1. The molecule has 0 radical (unpaired) electrons. The van der Waals surface area contributed by atoms with Gasteiger partial charge < -0.3 is 20.3 Å². The van der Waals surface area contributed by atoms with Gasteiger partial charge in [-0.15, -0.1) is 0 Å². The number of nitrogens with zero attached hydrogens (tertiary/aromatic N) is 1. The summed E-state index contributed by atoms with van der Waals surface area (Å²) in [7, 11) is 0. The zero-order chi connectivity index (χ0) is 19.1. The van der Waals surface area contributed by atoms with Crippen LogP contribution < -0.4 is 15.5 Å². The molecule has 0 atom stereocenters. The van der Waals surface area contributed by atoms with Crippen LogP contribution in [-0.4, -0.2) is 38.1 Å². The van der Waals surface area contributed by atoms with Crippen LogP contribution in [0, 0.1) is 0 Å². The van der Waals surface area contributed by atoms with Crippen molar-refractivity contribution in [2.75, 3.05) is 41.8 Å². The number of nitrogens with one attached hydrogen (secondary N) is 2. The molecule has 0 aliphatic carbocycles. The normalized spacial score (nSPS) is 14.2. The summed E-state index contributed by atoms with van der Waals surface area (Å²) < 4.78 is 5.40. The van der Waals surface area contributed by atoms with Crippen molar-refractivity contribution in [2.24, 2.45) is 0 Å². The molecule has 2 N–H and O–H groups in total. The molecule has 1 fully saturated rings. The van der Waals surface area contributed by atoms with Gasteiger partial charge in [-0.2, -0.15) is 0 Å². The molecule has 1 aliphatic heterocycles. The average Bonchev–Trinajstić information content (AvgIpc) is 2.68. The summed E-state index contributed by atoms with van der Waals surface area (Å²) in [6.45, 7) is 4.47. The second kappa shape index (κ2) is 9.00. The van der Waals surface area contributed by atoms with Crippen LogP contribution in [0.5, 0.6) is 0 Å². The molecule has 2 aromatic carbocycles. The summed E-state index contributed by atoms with van der Waals surface area (Å²) in [4.78, 5) is 25.6. The van der Waals surface area contributed by atoms with E-state index in [4.69, 9.17) is 4.74 Å². The highest BCUT2D eigenvalue weighted by Crippen LogP contribution is 2.26. The van der Waals surface area contributed by atoms with E-state index in [2.05, 4.69) is 15.5 Å². The summed E-state index contributed by atoms with van der Waals surface area (Å²) >= 11 is 0. The molecule has 0 unspecified atom stereocenters. The average molecular weight is 365 g/mol. The molecule has 140 valence electrons. The van der Waals surface area contributed by atoms with E-state index in [0.29, 0.717) is 13.2 Å². The van der Waals surface area contributed by atoms with Gasteiger partial charge in [-0.3, -0.25) is 9.59 Å². The third-order valence-corrected chi connectivity index (χ3v) is 4.17. The molecule has 2 amide bonds. The zero-order valence-electron chi connectivity index (χ0n) is 15.3. The second-order valence-corrected chi connectivity index (χ2v) is 6.24. The molecule has 1 heterocycles. The van der Waals surface area contributed by atoms with Crippen molar-refractivity contribution in [2.45, 2.75) is 6.92 Å². The van der Waals surface area contributed by atoms with Crippen molar-refractivity contribution >= 4 is 35.0 Å². The lowest BCUT2D eigenvalue weighted by Gasteiger charge is -2.30. The summed E-state index contributed by atoms with van der Waals surface area (Å²) in [5.41, 5.74) is 3.39. The minimum Gasteiger partial charge on any atom is -0.378 e. The SMILES string of the molecule is CC(=O)Nc1ccc(/C=C/C(=O)Nc2ccccc2N2CCOCC2)cc1. The summed E-state index contributed by atoms with van der Waals surface area (Å²) in [6, 6.07) is 15.1. The van der Waals surface area contributed by atoms with Crippen LogP contribution in [0.4, 0.5) is 17.1 Å². The highest BCUT2D eigenvalue weighted by atomic mass is 16.5. The second-order valence-electron chi connectivity index (χ2n) is 6.24. The van der Waals surface area contributed by atoms with Gasteiger partial charge in [-0.25, -0.2) is 0 Å². The van der Waals surface area contributed by atoms with Crippen molar-refractivity contribution in [3.63, 3.8) is 0 Å². The minimum absolute atomic E-state index is 0.114. The van der Waals surface area contributed by atoms with Crippen LogP contribution in [0.2, 0.25) is 0 Å². The first-order valence-electron chi connectivity index (χ1n) is 8.90. The van der Waals surface area contributed by atoms with E-state index in [1.165, 1.54) is 13.0 Å². The topological polar surface area (TPSA) is 70.7 Å². The van der Waals surface area contributed by atoms with Crippen LogP contribution in [0.3, 0.4) is 0 Å². The van der Waals surface area contributed by atoms with E-state index < -0.39 is 0 Å². The molecule has 0 saturated carbocycles. The van der Waals surface area contributed by atoms with Gasteiger partial charge in [-0.05, 0) is 35.9 Å². The number of carbonyl (C=O) groups excluding carboxylic acids is 2. The lowest BCUT2D eigenvalue weighted by Crippen LogP contribution is -2.36. The van der Waals surface area contributed by atoms with Crippen LogP contribution in [0.15, 0.2) is 54.6 Å². The molecule has 0 bridgehead atoms. The Kier molecular flexibility index (Phi) is 6.22. The Hall–Kier alpha value is -3.12. The van der Waals surface area contributed by atoms with Gasteiger partial charge in [0.1, 0.15) is 0 Å². The van der Waals surface area contributed by atoms with Gasteiger partial charge >= 0.3 is 0 Å². The first-order valence-corrected chi connectivity index (χ1v) is 8.90. The van der Waals surface area contributed by atoms with Crippen molar-refractivity contribution < 1.29 is 14.3 Å². The van der Waals surface area contributed by atoms with Gasteiger partial charge in [0, 0.05) is 31.8 Å². The number of benzene rings is 2. The van der Waals surface area contributed by atoms with Crippen LogP contribution in [0.1, 0.15) is 12.5 Å².